The van der Waals surface area contributed by atoms with Crippen LogP contribution in [0.2, 0.25) is 0 Å². The van der Waals surface area contributed by atoms with E-state index >= 15 is 0 Å². The number of piperidine rings is 1. The van der Waals surface area contributed by atoms with E-state index in [1.54, 1.807) is 0 Å². The minimum atomic E-state index is 0.330. The second kappa shape index (κ2) is 6.46. The summed E-state index contributed by atoms with van der Waals surface area (Å²) in [5.41, 5.74) is 0. The molecule has 3 heteroatoms. The zero-order valence-electron chi connectivity index (χ0n) is 10.4. The van der Waals surface area contributed by atoms with E-state index < -0.39 is 0 Å². The van der Waals surface area contributed by atoms with Gasteiger partial charge in [-0.1, -0.05) is 0 Å². The maximum absolute atomic E-state index is 8.91. The van der Waals surface area contributed by atoms with Crippen molar-refractivity contribution in [2.75, 3.05) is 40.8 Å². The van der Waals surface area contributed by atoms with Gasteiger partial charge < -0.3 is 14.9 Å². The van der Waals surface area contributed by atoms with E-state index in [1.807, 2.05) is 0 Å². The molecule has 1 heterocycles. The fourth-order valence-corrected chi connectivity index (χ4v) is 2.63. The molecule has 1 unspecified atom stereocenters. The first kappa shape index (κ1) is 12.9. The van der Waals surface area contributed by atoms with E-state index in [0.29, 0.717) is 12.6 Å². The molecule has 0 radical (unpaired) electrons. The van der Waals surface area contributed by atoms with Crippen LogP contribution in [-0.4, -0.2) is 61.8 Å². The normalized spacial score (nSPS) is 22.2. The largest absolute Gasteiger partial charge is 0.396 e. The van der Waals surface area contributed by atoms with Crippen LogP contribution < -0.4 is 0 Å². The van der Waals surface area contributed by atoms with Crippen LogP contribution in [0.15, 0.2) is 0 Å². The number of rotatable bonds is 5. The second-order valence-corrected chi connectivity index (χ2v) is 5.04. The van der Waals surface area contributed by atoms with Gasteiger partial charge in [0.25, 0.3) is 0 Å². The first-order valence-electron chi connectivity index (χ1n) is 6.11. The Hall–Kier alpha value is -0.120. The third-order valence-electron chi connectivity index (χ3n) is 3.63. The van der Waals surface area contributed by atoms with E-state index in [2.05, 4.69) is 30.9 Å². The quantitative estimate of drug-likeness (QED) is 0.740. The molecule has 0 spiro atoms. The molecule has 1 aliphatic rings. The fourth-order valence-electron chi connectivity index (χ4n) is 2.63. The van der Waals surface area contributed by atoms with Gasteiger partial charge in [-0.2, -0.15) is 0 Å². The third kappa shape index (κ3) is 4.09. The van der Waals surface area contributed by atoms with Gasteiger partial charge in [0, 0.05) is 12.6 Å². The van der Waals surface area contributed by atoms with Crippen molar-refractivity contribution in [3.63, 3.8) is 0 Å². The summed E-state index contributed by atoms with van der Waals surface area (Å²) in [5, 5.41) is 8.91. The first-order valence-corrected chi connectivity index (χ1v) is 6.11. The Morgan fingerprint density at radius 3 is 2.40 bits per heavy atom. The van der Waals surface area contributed by atoms with Gasteiger partial charge in [-0.25, -0.2) is 0 Å². The molecule has 1 aliphatic heterocycles. The number of nitrogens with zero attached hydrogens (tertiary/aromatic N) is 2. The van der Waals surface area contributed by atoms with E-state index in [1.165, 1.54) is 25.9 Å². The Bertz CT molecular complexity index is 165. The Labute approximate surface area is 94.1 Å². The molecule has 0 aromatic rings. The fraction of sp³-hybridized carbons (Fsp3) is 1.00. The lowest BCUT2D eigenvalue weighted by Crippen LogP contribution is -2.41. The number of aliphatic hydroxyl groups excluding tert-OH is 1. The highest BCUT2D eigenvalue weighted by Gasteiger charge is 2.26. The van der Waals surface area contributed by atoms with Crippen LogP contribution in [0.3, 0.4) is 0 Å². The van der Waals surface area contributed by atoms with Crippen molar-refractivity contribution in [3.05, 3.63) is 0 Å². The molecule has 0 aliphatic carbocycles. The van der Waals surface area contributed by atoms with Gasteiger partial charge in [-0.3, -0.25) is 0 Å². The molecule has 0 aromatic carbocycles. The van der Waals surface area contributed by atoms with Crippen LogP contribution in [0.4, 0.5) is 0 Å². The predicted octanol–water partition coefficient (Wildman–Crippen LogP) is 1.03. The second-order valence-electron chi connectivity index (χ2n) is 5.04. The monoisotopic (exact) mass is 214 g/mol. The molecular formula is C12H26N2O. The van der Waals surface area contributed by atoms with Crippen LogP contribution >= 0.6 is 0 Å². The van der Waals surface area contributed by atoms with E-state index in [0.717, 1.165) is 18.8 Å². The van der Waals surface area contributed by atoms with E-state index in [9.17, 15) is 0 Å². The van der Waals surface area contributed by atoms with Gasteiger partial charge in [0.05, 0.1) is 0 Å². The summed E-state index contributed by atoms with van der Waals surface area (Å²) >= 11 is 0. The highest BCUT2D eigenvalue weighted by atomic mass is 16.2. The molecule has 0 amide bonds. The van der Waals surface area contributed by atoms with Gasteiger partial charge in [0.2, 0.25) is 0 Å². The first-order chi connectivity index (χ1) is 7.15. The van der Waals surface area contributed by atoms with E-state index in [4.69, 9.17) is 5.11 Å². The lowest BCUT2D eigenvalue weighted by Gasteiger charge is -2.37. The van der Waals surface area contributed by atoms with Crippen molar-refractivity contribution < 1.29 is 5.11 Å². The standard InChI is InChI=1S/C12H26N2O/c1-13(2)12(5-4-10-15)11-6-8-14(3)9-7-11/h11-12,15H,4-10H2,1-3H3. The molecule has 90 valence electrons. The van der Waals surface area contributed by atoms with Crippen molar-refractivity contribution in [1.29, 1.82) is 0 Å². The Kier molecular flexibility index (Phi) is 5.58. The minimum Gasteiger partial charge on any atom is -0.396 e. The van der Waals surface area contributed by atoms with Crippen molar-refractivity contribution >= 4 is 0 Å². The van der Waals surface area contributed by atoms with Gasteiger partial charge in [0.15, 0.2) is 0 Å². The highest BCUT2D eigenvalue weighted by Crippen LogP contribution is 2.25. The van der Waals surface area contributed by atoms with Crippen LogP contribution in [0.5, 0.6) is 0 Å². The summed E-state index contributed by atoms with van der Waals surface area (Å²) in [6, 6.07) is 0.658. The predicted molar refractivity (Wildman–Crippen MR) is 64.0 cm³/mol. The summed E-state index contributed by atoms with van der Waals surface area (Å²) in [4.78, 5) is 4.75. The van der Waals surface area contributed by atoms with Gasteiger partial charge in [-0.15, -0.1) is 0 Å². The molecule has 15 heavy (non-hydrogen) atoms. The zero-order chi connectivity index (χ0) is 11.3. The van der Waals surface area contributed by atoms with Crippen molar-refractivity contribution in [2.45, 2.75) is 31.7 Å². The molecule has 1 rings (SSSR count). The maximum Gasteiger partial charge on any atom is 0.0431 e. The molecule has 1 N–H and O–H groups in total. The summed E-state index contributed by atoms with van der Waals surface area (Å²) in [6.07, 6.45) is 4.70. The Morgan fingerprint density at radius 2 is 1.93 bits per heavy atom. The molecule has 1 atom stereocenters. The summed E-state index contributed by atoms with van der Waals surface area (Å²) in [6.45, 7) is 2.79. The summed E-state index contributed by atoms with van der Waals surface area (Å²) in [7, 11) is 6.54. The average Bonchev–Trinajstić information content (AvgIpc) is 2.21. The number of likely N-dealkylation sites (tertiary alicyclic amines) is 1. The Morgan fingerprint density at radius 1 is 1.33 bits per heavy atom. The SMILES string of the molecule is CN1CCC(C(CCCO)N(C)C)CC1. The summed E-state index contributed by atoms with van der Waals surface area (Å²) in [5.74, 6) is 0.822. The van der Waals surface area contributed by atoms with E-state index in [-0.39, 0.29) is 0 Å². The van der Waals surface area contributed by atoms with Crippen molar-refractivity contribution in [2.24, 2.45) is 5.92 Å². The molecule has 1 fully saturated rings. The molecular weight excluding hydrogens is 188 g/mol. The average molecular weight is 214 g/mol. The Balaban J connectivity index is 2.41. The molecule has 3 nitrogen and oxygen atoms in total. The molecule has 0 aromatic heterocycles. The summed E-state index contributed by atoms with van der Waals surface area (Å²) < 4.78 is 0. The van der Waals surface area contributed by atoms with Gasteiger partial charge in [-0.05, 0) is 65.8 Å². The minimum absolute atomic E-state index is 0.330. The lowest BCUT2D eigenvalue weighted by molar-refractivity contribution is 0.118. The smallest absolute Gasteiger partial charge is 0.0431 e. The number of hydrogen-bond acceptors (Lipinski definition) is 3. The van der Waals surface area contributed by atoms with Crippen LogP contribution in [0, 0.1) is 5.92 Å². The topological polar surface area (TPSA) is 26.7 Å². The zero-order valence-corrected chi connectivity index (χ0v) is 10.4. The van der Waals surface area contributed by atoms with Gasteiger partial charge >= 0.3 is 0 Å². The lowest BCUT2D eigenvalue weighted by atomic mass is 9.86. The van der Waals surface area contributed by atoms with Crippen LogP contribution in [0.1, 0.15) is 25.7 Å². The third-order valence-corrected chi connectivity index (χ3v) is 3.63. The highest BCUT2D eigenvalue weighted by molar-refractivity contribution is 4.81. The van der Waals surface area contributed by atoms with Gasteiger partial charge in [0.1, 0.15) is 0 Å². The van der Waals surface area contributed by atoms with Crippen LogP contribution in [-0.2, 0) is 0 Å². The number of aliphatic hydroxyl groups is 1. The van der Waals surface area contributed by atoms with Crippen molar-refractivity contribution in [1.82, 2.24) is 9.80 Å². The van der Waals surface area contributed by atoms with Crippen molar-refractivity contribution in [3.8, 4) is 0 Å². The molecule has 1 saturated heterocycles. The maximum atomic E-state index is 8.91. The molecule has 0 saturated carbocycles. The van der Waals surface area contributed by atoms with Crippen LogP contribution in [0.25, 0.3) is 0 Å². The number of hydrogen-bond donors (Lipinski definition) is 1. The molecule has 0 bridgehead atoms.